The lowest BCUT2D eigenvalue weighted by molar-refractivity contribution is 0.0773. The molecule has 0 saturated carbocycles. The van der Waals surface area contributed by atoms with E-state index in [0.29, 0.717) is 40.2 Å². The van der Waals surface area contributed by atoms with Gasteiger partial charge in [0.1, 0.15) is 17.6 Å². The molecule has 1 fully saturated rings. The third-order valence-electron chi connectivity index (χ3n) is 8.31. The quantitative estimate of drug-likeness (QED) is 0.169. The molecule has 1 aliphatic rings. The van der Waals surface area contributed by atoms with Gasteiger partial charge in [0.2, 0.25) is 0 Å². The maximum Gasteiger partial charge on any atom is 0.319 e. The van der Waals surface area contributed by atoms with Crippen LogP contribution in [0.2, 0.25) is 0 Å². The molecule has 1 saturated heterocycles. The Morgan fingerprint density at radius 3 is 2.11 bits per heavy atom. The summed E-state index contributed by atoms with van der Waals surface area (Å²) < 4.78 is 17.7. The fraction of sp³-hybridized carbons (Fsp3) is 0.444. The molecule has 0 radical (unpaired) electrons. The molecule has 1 aliphatic heterocycles. The van der Waals surface area contributed by atoms with Crippen molar-refractivity contribution in [3.8, 4) is 23.0 Å². The first kappa shape index (κ1) is 33.6. The first-order valence-electron chi connectivity index (χ1n) is 16.2. The van der Waals surface area contributed by atoms with Crippen molar-refractivity contribution in [1.82, 2.24) is 10.2 Å². The minimum atomic E-state index is -0.259. The van der Waals surface area contributed by atoms with Crippen LogP contribution in [0.3, 0.4) is 0 Å². The molecule has 1 unspecified atom stereocenters. The van der Waals surface area contributed by atoms with Crippen LogP contribution >= 0.6 is 0 Å². The monoisotopic (exact) mass is 616 g/mol. The number of methoxy groups -OCH3 is 1. The lowest BCUT2D eigenvalue weighted by atomic mass is 10.0. The van der Waals surface area contributed by atoms with Crippen LogP contribution in [-0.2, 0) is 0 Å². The zero-order chi connectivity index (χ0) is 32.2. The van der Waals surface area contributed by atoms with Gasteiger partial charge in [0, 0.05) is 48.2 Å². The van der Waals surface area contributed by atoms with Gasteiger partial charge in [-0.25, -0.2) is 4.79 Å². The van der Waals surface area contributed by atoms with Crippen molar-refractivity contribution >= 4 is 23.3 Å². The lowest BCUT2D eigenvalue weighted by Crippen LogP contribution is -2.42. The van der Waals surface area contributed by atoms with E-state index in [1.54, 1.807) is 61.7 Å². The predicted molar refractivity (Wildman–Crippen MR) is 180 cm³/mol. The Morgan fingerprint density at radius 2 is 1.49 bits per heavy atom. The van der Waals surface area contributed by atoms with E-state index < -0.39 is 0 Å². The third-order valence-corrected chi connectivity index (χ3v) is 8.31. The van der Waals surface area contributed by atoms with Crippen molar-refractivity contribution < 1.29 is 23.8 Å². The van der Waals surface area contributed by atoms with E-state index in [0.717, 1.165) is 44.5 Å². The number of nitrogens with one attached hydrogen (secondary N) is 3. The topological polar surface area (TPSA) is 101 Å². The molecule has 9 nitrogen and oxygen atoms in total. The van der Waals surface area contributed by atoms with Gasteiger partial charge in [-0.05, 0) is 99.7 Å². The summed E-state index contributed by atoms with van der Waals surface area (Å²) in [5.74, 6) is 2.14. The SMILES string of the molecule is CCCC(C)N1CCC(Oc2ccc(C(=O)Nc3ccc(Oc4ccc(NC(=O)NC(CC)CC)cc4OC)cc3)cc2)CC1. The fourth-order valence-electron chi connectivity index (χ4n) is 5.52. The summed E-state index contributed by atoms with van der Waals surface area (Å²) in [6.45, 7) is 10.8. The maximum atomic E-state index is 12.9. The predicted octanol–water partition coefficient (Wildman–Crippen LogP) is 8.08. The molecule has 45 heavy (non-hydrogen) atoms. The standard InChI is InChI=1S/C36H48N4O5/c1-6-9-25(4)40-22-20-32(21-23-40)44-30-15-10-26(11-16-30)35(41)37-28-12-17-31(18-13-28)45-33-19-14-29(24-34(33)43-5)39-36(42)38-27(7-2)8-3/h10-19,24-25,27,32H,6-9,20-23H2,1-5H3,(H,37,41)(H2,38,39,42). The molecule has 1 heterocycles. The number of benzene rings is 3. The average Bonchev–Trinajstić information content (AvgIpc) is 3.06. The van der Waals surface area contributed by atoms with E-state index in [2.05, 4.69) is 34.7 Å². The number of amides is 3. The van der Waals surface area contributed by atoms with Gasteiger partial charge < -0.3 is 35.1 Å². The Balaban J connectivity index is 1.27. The number of nitrogens with zero attached hydrogens (tertiary/aromatic N) is 1. The molecular formula is C36H48N4O5. The zero-order valence-electron chi connectivity index (χ0n) is 27.2. The molecule has 3 aromatic rings. The van der Waals surface area contributed by atoms with E-state index in [-0.39, 0.29) is 24.1 Å². The summed E-state index contributed by atoms with van der Waals surface area (Å²) in [5, 5.41) is 8.73. The number of anilines is 2. The zero-order valence-corrected chi connectivity index (χ0v) is 27.2. The third kappa shape index (κ3) is 9.88. The minimum absolute atomic E-state index is 0.125. The number of likely N-dealkylation sites (tertiary alicyclic amines) is 1. The maximum absolute atomic E-state index is 12.9. The molecule has 0 spiro atoms. The number of ether oxygens (including phenoxy) is 3. The van der Waals surface area contributed by atoms with Gasteiger partial charge in [-0.15, -0.1) is 0 Å². The minimum Gasteiger partial charge on any atom is -0.493 e. The molecule has 1 atom stereocenters. The second kappa shape index (κ2) is 16.7. The summed E-state index contributed by atoms with van der Waals surface area (Å²) >= 11 is 0. The molecule has 9 heteroatoms. The Bertz CT molecular complexity index is 1370. The number of hydrogen-bond donors (Lipinski definition) is 3. The average molecular weight is 617 g/mol. The van der Waals surface area contributed by atoms with E-state index in [9.17, 15) is 9.59 Å². The lowest BCUT2D eigenvalue weighted by Gasteiger charge is -2.36. The van der Waals surface area contributed by atoms with E-state index in [1.165, 1.54) is 12.8 Å². The smallest absolute Gasteiger partial charge is 0.319 e. The molecule has 4 rings (SSSR count). The van der Waals surface area contributed by atoms with Crippen molar-refractivity contribution in [2.24, 2.45) is 0 Å². The van der Waals surface area contributed by atoms with Crippen molar-refractivity contribution in [2.75, 3.05) is 30.8 Å². The number of urea groups is 1. The van der Waals surface area contributed by atoms with E-state index >= 15 is 0 Å². The Hall–Kier alpha value is -4.24. The highest BCUT2D eigenvalue weighted by Crippen LogP contribution is 2.34. The highest BCUT2D eigenvalue weighted by Gasteiger charge is 2.23. The summed E-state index contributed by atoms with van der Waals surface area (Å²) in [7, 11) is 1.55. The second-order valence-electron chi connectivity index (χ2n) is 11.6. The largest absolute Gasteiger partial charge is 0.493 e. The Kier molecular flexibility index (Phi) is 12.5. The van der Waals surface area contributed by atoms with Crippen LogP contribution in [0.15, 0.2) is 66.7 Å². The number of carbonyl (C=O) groups is 2. The van der Waals surface area contributed by atoms with Gasteiger partial charge in [0.15, 0.2) is 11.5 Å². The molecule has 3 N–H and O–H groups in total. The van der Waals surface area contributed by atoms with Crippen molar-refractivity contribution in [3.05, 3.63) is 72.3 Å². The number of piperidine rings is 1. The van der Waals surface area contributed by atoms with Crippen LogP contribution in [0.1, 0.15) is 76.6 Å². The number of hydrogen-bond acceptors (Lipinski definition) is 6. The van der Waals surface area contributed by atoms with E-state index in [4.69, 9.17) is 14.2 Å². The summed E-state index contributed by atoms with van der Waals surface area (Å²) in [6.07, 6.45) is 6.41. The highest BCUT2D eigenvalue weighted by molar-refractivity contribution is 6.04. The van der Waals surface area contributed by atoms with Crippen LogP contribution in [0, 0.1) is 0 Å². The molecule has 3 aromatic carbocycles. The fourth-order valence-corrected chi connectivity index (χ4v) is 5.52. The molecule has 0 aromatic heterocycles. The summed E-state index contributed by atoms with van der Waals surface area (Å²) in [4.78, 5) is 27.8. The van der Waals surface area contributed by atoms with Crippen LogP contribution in [0.4, 0.5) is 16.2 Å². The van der Waals surface area contributed by atoms with Crippen LogP contribution in [-0.4, -0.2) is 55.2 Å². The van der Waals surface area contributed by atoms with Crippen molar-refractivity contribution in [2.45, 2.75) is 84.4 Å². The highest BCUT2D eigenvalue weighted by atomic mass is 16.5. The molecule has 0 bridgehead atoms. The molecule has 0 aliphatic carbocycles. The van der Waals surface area contributed by atoms with Gasteiger partial charge in [0.05, 0.1) is 7.11 Å². The van der Waals surface area contributed by atoms with Crippen LogP contribution < -0.4 is 30.2 Å². The Morgan fingerprint density at radius 1 is 0.844 bits per heavy atom. The van der Waals surface area contributed by atoms with Gasteiger partial charge in [-0.3, -0.25) is 4.79 Å². The number of rotatable bonds is 14. The van der Waals surface area contributed by atoms with E-state index in [1.807, 2.05) is 26.0 Å². The Labute approximate surface area is 267 Å². The van der Waals surface area contributed by atoms with Crippen molar-refractivity contribution in [3.63, 3.8) is 0 Å². The first-order valence-corrected chi connectivity index (χ1v) is 16.2. The van der Waals surface area contributed by atoms with Gasteiger partial charge in [-0.2, -0.15) is 0 Å². The molecular weight excluding hydrogens is 568 g/mol. The molecule has 242 valence electrons. The normalized spacial score (nSPS) is 14.4. The van der Waals surface area contributed by atoms with Gasteiger partial charge in [0.25, 0.3) is 5.91 Å². The van der Waals surface area contributed by atoms with Crippen LogP contribution in [0.5, 0.6) is 23.0 Å². The molecule has 3 amide bonds. The van der Waals surface area contributed by atoms with Gasteiger partial charge >= 0.3 is 6.03 Å². The van der Waals surface area contributed by atoms with Crippen molar-refractivity contribution in [1.29, 1.82) is 0 Å². The first-order chi connectivity index (χ1) is 21.8. The summed E-state index contributed by atoms with van der Waals surface area (Å²) in [5.41, 5.74) is 1.79. The second-order valence-corrected chi connectivity index (χ2v) is 11.6. The van der Waals surface area contributed by atoms with Gasteiger partial charge in [-0.1, -0.05) is 27.2 Å². The number of carbonyl (C=O) groups excluding carboxylic acids is 2. The summed E-state index contributed by atoms with van der Waals surface area (Å²) in [6, 6.07) is 20.1. The van der Waals surface area contributed by atoms with Crippen LogP contribution in [0.25, 0.3) is 0 Å².